The van der Waals surface area contributed by atoms with Gasteiger partial charge >= 0.3 is 18.0 Å². The van der Waals surface area contributed by atoms with E-state index in [1.165, 1.54) is 4.90 Å². The molecule has 2 amide bonds. The van der Waals surface area contributed by atoms with Crippen LogP contribution in [0.2, 0.25) is 0 Å². The van der Waals surface area contributed by atoms with Crippen LogP contribution in [-0.2, 0) is 9.59 Å². The first-order valence-corrected chi connectivity index (χ1v) is 5.95. The van der Waals surface area contributed by atoms with Gasteiger partial charge in [0.15, 0.2) is 0 Å². The molecule has 0 aliphatic heterocycles. The van der Waals surface area contributed by atoms with Gasteiger partial charge in [-0.05, 0) is 19.3 Å². The van der Waals surface area contributed by atoms with Crippen molar-refractivity contribution in [1.82, 2.24) is 10.2 Å². The molecule has 3 N–H and O–H groups in total. The second-order valence-corrected chi connectivity index (χ2v) is 4.13. The van der Waals surface area contributed by atoms with Crippen LogP contribution in [0.15, 0.2) is 12.7 Å². The van der Waals surface area contributed by atoms with Gasteiger partial charge in [0.2, 0.25) is 0 Å². The van der Waals surface area contributed by atoms with E-state index in [1.54, 1.807) is 13.1 Å². The van der Waals surface area contributed by atoms with Crippen LogP contribution in [0.25, 0.3) is 0 Å². The maximum absolute atomic E-state index is 11.7. The Labute approximate surface area is 111 Å². The van der Waals surface area contributed by atoms with E-state index in [-0.39, 0.29) is 12.8 Å². The number of urea groups is 1. The average Bonchev–Trinajstić information content (AvgIpc) is 2.33. The van der Waals surface area contributed by atoms with Gasteiger partial charge in [-0.2, -0.15) is 0 Å². The Kier molecular flexibility index (Phi) is 7.99. The van der Waals surface area contributed by atoms with Crippen LogP contribution in [-0.4, -0.2) is 52.7 Å². The predicted molar refractivity (Wildman–Crippen MR) is 68.9 cm³/mol. The summed E-state index contributed by atoms with van der Waals surface area (Å²) in [6, 6.07) is -1.72. The van der Waals surface area contributed by atoms with Gasteiger partial charge in [0.25, 0.3) is 0 Å². The minimum atomic E-state index is -1.24. The lowest BCUT2D eigenvalue weighted by Crippen LogP contribution is -2.47. The van der Waals surface area contributed by atoms with Crippen molar-refractivity contribution in [1.29, 1.82) is 0 Å². The van der Waals surface area contributed by atoms with Gasteiger partial charge < -0.3 is 20.4 Å². The van der Waals surface area contributed by atoms with Gasteiger partial charge in [0, 0.05) is 20.0 Å². The molecule has 0 saturated carbocycles. The molecule has 0 radical (unpaired) electrons. The van der Waals surface area contributed by atoms with Gasteiger partial charge in [-0.1, -0.05) is 6.08 Å². The van der Waals surface area contributed by atoms with Crippen molar-refractivity contribution in [3.8, 4) is 0 Å². The molecule has 0 aliphatic rings. The lowest BCUT2D eigenvalue weighted by atomic mass is 10.1. The molecule has 7 heteroatoms. The van der Waals surface area contributed by atoms with E-state index in [2.05, 4.69) is 11.9 Å². The zero-order chi connectivity index (χ0) is 14.8. The Bertz CT molecular complexity index is 343. The lowest BCUT2D eigenvalue weighted by Gasteiger charge is -2.20. The normalized spacial score (nSPS) is 11.4. The second-order valence-electron chi connectivity index (χ2n) is 4.13. The number of nitrogens with zero attached hydrogens (tertiary/aromatic N) is 1. The van der Waals surface area contributed by atoms with Crippen LogP contribution in [0, 0.1) is 0 Å². The summed E-state index contributed by atoms with van der Waals surface area (Å²) < 4.78 is 0. The first kappa shape index (κ1) is 16.9. The topological polar surface area (TPSA) is 107 Å². The van der Waals surface area contributed by atoms with Crippen LogP contribution >= 0.6 is 0 Å². The number of hydrogen-bond donors (Lipinski definition) is 3. The number of carboxylic acid groups (broad SMARTS) is 2. The van der Waals surface area contributed by atoms with Gasteiger partial charge in [-0.25, -0.2) is 9.59 Å². The number of unbranched alkanes of at least 4 members (excludes halogenated alkanes) is 1. The molecule has 0 heterocycles. The number of carbonyl (C=O) groups is 3. The van der Waals surface area contributed by atoms with Crippen molar-refractivity contribution < 1.29 is 24.6 Å². The molecule has 7 nitrogen and oxygen atoms in total. The highest BCUT2D eigenvalue weighted by Crippen LogP contribution is 2.00. The fraction of sp³-hybridized carbons (Fsp3) is 0.583. The monoisotopic (exact) mass is 272 g/mol. The average molecular weight is 272 g/mol. The maximum Gasteiger partial charge on any atom is 0.326 e. The minimum Gasteiger partial charge on any atom is -0.481 e. The first-order chi connectivity index (χ1) is 8.88. The Morgan fingerprint density at radius 2 is 2.00 bits per heavy atom. The van der Waals surface area contributed by atoms with Gasteiger partial charge in [-0.3, -0.25) is 4.79 Å². The fourth-order valence-electron chi connectivity index (χ4n) is 1.36. The summed E-state index contributed by atoms with van der Waals surface area (Å²) in [4.78, 5) is 34.3. The summed E-state index contributed by atoms with van der Waals surface area (Å²) in [7, 11) is 1.55. The predicted octanol–water partition coefficient (Wildman–Crippen LogP) is 0.912. The van der Waals surface area contributed by atoms with Crippen molar-refractivity contribution in [2.24, 2.45) is 0 Å². The summed E-state index contributed by atoms with van der Waals surface area (Å²) in [5, 5.41) is 19.7. The van der Waals surface area contributed by atoms with Crippen LogP contribution in [0.1, 0.15) is 25.7 Å². The molecule has 0 aromatic rings. The van der Waals surface area contributed by atoms with E-state index in [9.17, 15) is 14.4 Å². The Balaban J connectivity index is 4.25. The largest absolute Gasteiger partial charge is 0.481 e. The third-order valence-corrected chi connectivity index (χ3v) is 2.49. The molecule has 0 fully saturated rings. The van der Waals surface area contributed by atoms with E-state index in [0.29, 0.717) is 6.54 Å². The van der Waals surface area contributed by atoms with Crippen LogP contribution in [0.5, 0.6) is 0 Å². The molecule has 0 saturated heterocycles. The molecular weight excluding hydrogens is 252 g/mol. The number of aliphatic carboxylic acids is 2. The van der Waals surface area contributed by atoms with E-state index in [4.69, 9.17) is 10.2 Å². The van der Waals surface area contributed by atoms with E-state index in [1.807, 2.05) is 0 Å². The molecular formula is C12H20N2O5. The third-order valence-electron chi connectivity index (χ3n) is 2.49. The van der Waals surface area contributed by atoms with Crippen LogP contribution < -0.4 is 5.32 Å². The molecule has 1 unspecified atom stereocenters. The summed E-state index contributed by atoms with van der Waals surface area (Å²) in [6.45, 7) is 4.04. The molecule has 19 heavy (non-hydrogen) atoms. The molecule has 0 aromatic carbocycles. The standard InChI is InChI=1S/C12H20N2O5/c1-3-4-5-8-14(2)12(19)13-9(11(17)18)6-7-10(15)16/h3,9H,1,4-8H2,2H3,(H,13,19)(H,15,16)(H,17,18). The van der Waals surface area contributed by atoms with E-state index < -0.39 is 24.0 Å². The number of amides is 2. The highest BCUT2D eigenvalue weighted by molar-refractivity contribution is 5.82. The quantitative estimate of drug-likeness (QED) is 0.427. The van der Waals surface area contributed by atoms with Crippen LogP contribution in [0.4, 0.5) is 4.79 Å². The van der Waals surface area contributed by atoms with E-state index >= 15 is 0 Å². The number of nitrogens with one attached hydrogen (secondary N) is 1. The highest BCUT2D eigenvalue weighted by Gasteiger charge is 2.22. The number of hydrogen-bond acceptors (Lipinski definition) is 3. The van der Waals surface area contributed by atoms with Crippen molar-refractivity contribution in [3.05, 3.63) is 12.7 Å². The highest BCUT2D eigenvalue weighted by atomic mass is 16.4. The number of carbonyl (C=O) groups excluding carboxylic acids is 1. The summed E-state index contributed by atoms with van der Waals surface area (Å²) in [5.41, 5.74) is 0. The minimum absolute atomic E-state index is 0.142. The molecule has 0 bridgehead atoms. The molecule has 108 valence electrons. The molecule has 1 atom stereocenters. The molecule has 0 aliphatic carbocycles. The van der Waals surface area contributed by atoms with Gasteiger partial charge in [-0.15, -0.1) is 6.58 Å². The molecule has 0 rings (SSSR count). The number of carboxylic acids is 2. The second kappa shape index (κ2) is 8.96. The third kappa shape index (κ3) is 7.80. The Hall–Kier alpha value is -2.05. The fourth-order valence-corrected chi connectivity index (χ4v) is 1.36. The molecule has 0 aromatic heterocycles. The Morgan fingerprint density at radius 3 is 2.47 bits per heavy atom. The molecule has 0 spiro atoms. The van der Waals surface area contributed by atoms with Gasteiger partial charge in [0.1, 0.15) is 6.04 Å². The zero-order valence-corrected chi connectivity index (χ0v) is 11.0. The zero-order valence-electron chi connectivity index (χ0n) is 11.0. The Morgan fingerprint density at radius 1 is 1.37 bits per heavy atom. The first-order valence-electron chi connectivity index (χ1n) is 5.95. The van der Waals surface area contributed by atoms with Crippen LogP contribution in [0.3, 0.4) is 0 Å². The summed E-state index contributed by atoms with van der Waals surface area (Å²) in [5.74, 6) is -2.34. The maximum atomic E-state index is 11.7. The SMILES string of the molecule is C=CCCCN(C)C(=O)NC(CCC(=O)O)C(=O)O. The van der Waals surface area contributed by atoms with Crippen molar-refractivity contribution in [2.45, 2.75) is 31.7 Å². The smallest absolute Gasteiger partial charge is 0.326 e. The van der Waals surface area contributed by atoms with E-state index in [0.717, 1.165) is 12.8 Å². The van der Waals surface area contributed by atoms with Gasteiger partial charge in [0.05, 0.1) is 0 Å². The number of rotatable bonds is 9. The van der Waals surface area contributed by atoms with Crippen molar-refractivity contribution >= 4 is 18.0 Å². The van der Waals surface area contributed by atoms with Crippen molar-refractivity contribution in [3.63, 3.8) is 0 Å². The summed E-state index contributed by atoms with van der Waals surface area (Å²) >= 11 is 0. The lowest BCUT2D eigenvalue weighted by molar-refractivity contribution is -0.140. The van der Waals surface area contributed by atoms with Crippen molar-refractivity contribution in [2.75, 3.05) is 13.6 Å². The number of allylic oxidation sites excluding steroid dienone is 1. The summed E-state index contributed by atoms with van der Waals surface area (Å²) in [6.07, 6.45) is 2.78.